The van der Waals surface area contributed by atoms with E-state index in [4.69, 9.17) is 4.74 Å². The third-order valence-electron chi connectivity index (χ3n) is 5.11. The molecule has 0 unspecified atom stereocenters. The number of rotatable bonds is 5. The van der Waals surface area contributed by atoms with Gasteiger partial charge in [-0.15, -0.1) is 0 Å². The Balaban J connectivity index is 1.93. The number of amides is 1. The summed E-state index contributed by atoms with van der Waals surface area (Å²) in [6, 6.07) is 6.13. The maximum atomic E-state index is 13.5. The summed E-state index contributed by atoms with van der Waals surface area (Å²) >= 11 is 0. The largest absolute Gasteiger partial charge is 0.379 e. The molecule has 1 saturated heterocycles. The van der Waals surface area contributed by atoms with Crippen molar-refractivity contribution >= 4 is 21.5 Å². The van der Waals surface area contributed by atoms with Crippen LogP contribution in [0.1, 0.15) is 32.3 Å². The molecule has 0 aliphatic carbocycles. The second-order valence-corrected chi connectivity index (χ2v) is 9.55. The number of sulfonamides is 1. The van der Waals surface area contributed by atoms with Crippen LogP contribution in [0.15, 0.2) is 35.7 Å². The Morgan fingerprint density at radius 2 is 1.89 bits per heavy atom. The van der Waals surface area contributed by atoms with E-state index in [0.29, 0.717) is 44.7 Å². The molecule has 0 radical (unpaired) electrons. The number of nitrogens with one attached hydrogen (secondary N) is 1. The van der Waals surface area contributed by atoms with E-state index in [9.17, 15) is 13.2 Å². The van der Waals surface area contributed by atoms with Gasteiger partial charge >= 0.3 is 0 Å². The van der Waals surface area contributed by atoms with E-state index >= 15 is 0 Å². The second-order valence-electron chi connectivity index (χ2n) is 7.69. The van der Waals surface area contributed by atoms with Gasteiger partial charge in [0.05, 0.1) is 18.1 Å². The zero-order valence-corrected chi connectivity index (χ0v) is 17.4. The van der Waals surface area contributed by atoms with Crippen LogP contribution in [0.4, 0.5) is 0 Å². The fourth-order valence-electron chi connectivity index (χ4n) is 3.64. The highest BCUT2D eigenvalue weighted by molar-refractivity contribution is 7.89. The van der Waals surface area contributed by atoms with E-state index in [0.717, 1.165) is 5.57 Å². The number of carbonyl (C=O) groups is 1. The van der Waals surface area contributed by atoms with Crippen LogP contribution >= 0.6 is 0 Å². The minimum Gasteiger partial charge on any atom is -0.379 e. The van der Waals surface area contributed by atoms with Crippen LogP contribution in [0.3, 0.4) is 0 Å². The fourth-order valence-corrected chi connectivity index (χ4v) is 5.48. The molecule has 3 rings (SSSR count). The van der Waals surface area contributed by atoms with E-state index in [1.807, 2.05) is 19.9 Å². The van der Waals surface area contributed by atoms with Gasteiger partial charge in [0, 0.05) is 19.6 Å². The van der Waals surface area contributed by atoms with E-state index in [-0.39, 0.29) is 23.3 Å². The Hall–Kier alpha value is -1.74. The van der Waals surface area contributed by atoms with E-state index in [1.165, 1.54) is 4.31 Å². The van der Waals surface area contributed by atoms with Crippen LogP contribution in [-0.2, 0) is 19.6 Å². The summed E-state index contributed by atoms with van der Waals surface area (Å²) in [7, 11) is -3.81. The van der Waals surface area contributed by atoms with Crippen molar-refractivity contribution in [2.24, 2.45) is 5.92 Å². The number of hydrogen-bond acceptors (Lipinski definition) is 5. The lowest BCUT2D eigenvalue weighted by molar-refractivity contribution is -0.132. The van der Waals surface area contributed by atoms with Gasteiger partial charge in [0.2, 0.25) is 10.0 Å². The molecule has 1 aromatic rings. The normalized spacial score (nSPS) is 21.8. The van der Waals surface area contributed by atoms with Gasteiger partial charge in [-0.2, -0.15) is 4.31 Å². The molecule has 1 atom stereocenters. The van der Waals surface area contributed by atoms with Crippen molar-refractivity contribution in [2.45, 2.75) is 37.6 Å². The smallest absolute Gasteiger partial charge is 0.252 e. The van der Waals surface area contributed by atoms with Crippen LogP contribution in [0.5, 0.6) is 0 Å². The van der Waals surface area contributed by atoms with Crippen molar-refractivity contribution in [2.75, 3.05) is 32.8 Å². The summed E-state index contributed by atoms with van der Waals surface area (Å²) in [5.74, 6) is -0.124. The van der Waals surface area contributed by atoms with Gasteiger partial charge in [0.1, 0.15) is 6.04 Å². The highest BCUT2D eigenvalue weighted by Crippen LogP contribution is 2.33. The number of benzene rings is 1. The van der Waals surface area contributed by atoms with Crippen LogP contribution in [-0.4, -0.2) is 62.5 Å². The molecule has 8 heteroatoms. The monoisotopic (exact) mass is 407 g/mol. The van der Waals surface area contributed by atoms with Crippen molar-refractivity contribution in [1.82, 2.24) is 14.7 Å². The van der Waals surface area contributed by atoms with Gasteiger partial charge in [0.15, 0.2) is 0 Å². The third-order valence-corrected chi connectivity index (χ3v) is 7.08. The van der Waals surface area contributed by atoms with Crippen molar-refractivity contribution in [3.63, 3.8) is 0 Å². The molecule has 2 aliphatic rings. The molecule has 154 valence electrons. The van der Waals surface area contributed by atoms with Gasteiger partial charge in [-0.05, 0) is 36.0 Å². The molecule has 0 saturated carbocycles. The predicted octanol–water partition coefficient (Wildman–Crippen LogP) is 1.87. The maximum absolute atomic E-state index is 13.5. The minimum atomic E-state index is -3.81. The zero-order chi connectivity index (χ0) is 20.3. The van der Waals surface area contributed by atoms with E-state index in [1.54, 1.807) is 23.2 Å². The Morgan fingerprint density at radius 1 is 1.21 bits per heavy atom. The quantitative estimate of drug-likeness (QED) is 0.806. The molecule has 2 aliphatic heterocycles. The van der Waals surface area contributed by atoms with Crippen molar-refractivity contribution in [3.8, 4) is 0 Å². The first kappa shape index (κ1) is 21.0. The Morgan fingerprint density at radius 3 is 2.57 bits per heavy atom. The summed E-state index contributed by atoms with van der Waals surface area (Å²) in [5.41, 5.74) is 4.32. The van der Waals surface area contributed by atoms with Crippen LogP contribution < -0.4 is 5.43 Å². The summed E-state index contributed by atoms with van der Waals surface area (Å²) in [5, 5.41) is 1.80. The topological polar surface area (TPSA) is 79.0 Å². The Bertz CT molecular complexity index is 832. The first-order valence-electron chi connectivity index (χ1n) is 9.73. The lowest BCUT2D eigenvalue weighted by atomic mass is 10.0. The Kier molecular flexibility index (Phi) is 6.54. The minimum absolute atomic E-state index is 0.164. The predicted molar refractivity (Wildman–Crippen MR) is 108 cm³/mol. The lowest BCUT2D eigenvalue weighted by Gasteiger charge is -2.33. The molecule has 0 bridgehead atoms. The molecule has 1 N–H and O–H groups in total. The number of carbonyl (C=O) groups excluding carboxylic acids is 1. The van der Waals surface area contributed by atoms with Gasteiger partial charge in [-0.1, -0.05) is 38.6 Å². The number of fused-ring (bicyclic) bond motifs is 1. The molecule has 28 heavy (non-hydrogen) atoms. The van der Waals surface area contributed by atoms with E-state index < -0.39 is 16.1 Å². The van der Waals surface area contributed by atoms with Crippen LogP contribution in [0.2, 0.25) is 0 Å². The number of hydrazine groups is 1. The van der Waals surface area contributed by atoms with Gasteiger partial charge < -0.3 is 4.74 Å². The second kappa shape index (κ2) is 8.73. The van der Waals surface area contributed by atoms with Crippen molar-refractivity contribution < 1.29 is 17.9 Å². The molecular weight excluding hydrogens is 378 g/mol. The number of ether oxygens (including phenoxy) is 1. The van der Waals surface area contributed by atoms with Gasteiger partial charge in [-0.3, -0.25) is 10.2 Å². The summed E-state index contributed by atoms with van der Waals surface area (Å²) in [6.07, 6.45) is 0.944. The maximum Gasteiger partial charge on any atom is 0.252 e. The summed E-state index contributed by atoms with van der Waals surface area (Å²) in [6.45, 7) is 10.6. The SMILES string of the molecule is C=C1CCN([C@@H](CC(C)C)C(=O)NN2CCOCC2)S(=O)(=O)c2ccccc21. The van der Waals surface area contributed by atoms with Crippen LogP contribution in [0.25, 0.3) is 5.57 Å². The average Bonchev–Trinajstić information content (AvgIpc) is 2.76. The van der Waals surface area contributed by atoms with Crippen LogP contribution in [0, 0.1) is 5.92 Å². The first-order chi connectivity index (χ1) is 13.3. The molecule has 0 aromatic heterocycles. The highest BCUT2D eigenvalue weighted by atomic mass is 32.2. The molecule has 7 nitrogen and oxygen atoms in total. The molecule has 2 heterocycles. The standard InChI is InChI=1S/C20H29N3O4S/c1-15(2)14-18(20(24)21-22-10-12-27-13-11-22)23-9-8-16(3)17-6-4-5-7-19(17)28(23,25)26/h4-7,15,18H,3,8-14H2,1-2H3,(H,21,24)/t18-/m0/s1. The van der Waals surface area contributed by atoms with Gasteiger partial charge in [0.25, 0.3) is 5.91 Å². The summed E-state index contributed by atoms with van der Waals surface area (Å²) < 4.78 is 33.6. The first-order valence-corrected chi connectivity index (χ1v) is 11.2. The average molecular weight is 408 g/mol. The molecule has 1 fully saturated rings. The third kappa shape index (κ3) is 4.46. The van der Waals surface area contributed by atoms with E-state index in [2.05, 4.69) is 12.0 Å². The lowest BCUT2D eigenvalue weighted by Crippen LogP contribution is -2.56. The van der Waals surface area contributed by atoms with Crippen molar-refractivity contribution in [1.29, 1.82) is 0 Å². The molecule has 0 spiro atoms. The highest BCUT2D eigenvalue weighted by Gasteiger charge is 2.39. The van der Waals surface area contributed by atoms with Gasteiger partial charge in [-0.25, -0.2) is 13.4 Å². The molecule has 1 aromatic carbocycles. The number of nitrogens with zero attached hydrogens (tertiary/aromatic N) is 2. The van der Waals surface area contributed by atoms with Crippen molar-refractivity contribution in [3.05, 3.63) is 36.4 Å². The molecule has 1 amide bonds. The molecular formula is C20H29N3O4S. The fraction of sp³-hybridized carbons (Fsp3) is 0.550. The zero-order valence-electron chi connectivity index (χ0n) is 16.6. The number of morpholine rings is 1. The number of hydrogen-bond donors (Lipinski definition) is 1. The Labute approximate surface area is 167 Å². The summed E-state index contributed by atoms with van der Waals surface area (Å²) in [4.78, 5) is 13.3.